The van der Waals surface area contributed by atoms with Crippen LogP contribution in [0.5, 0.6) is 11.5 Å². The average Bonchev–Trinajstić information content (AvgIpc) is 2.52. The van der Waals surface area contributed by atoms with Crippen LogP contribution in [0.3, 0.4) is 0 Å². The van der Waals surface area contributed by atoms with E-state index in [1.165, 1.54) is 24.3 Å². The number of aliphatic hydroxyl groups excluding tert-OH is 2. The Morgan fingerprint density at radius 3 is 2.50 bits per heavy atom. The number of rotatable bonds is 4. The number of phenolic OH excluding ortho intramolecular Hbond substituents is 2. The van der Waals surface area contributed by atoms with E-state index < -0.39 is 30.3 Å². The van der Waals surface area contributed by atoms with Gasteiger partial charge < -0.3 is 30.3 Å². The third-order valence-corrected chi connectivity index (χ3v) is 3.48. The number of phenols is 2. The van der Waals surface area contributed by atoms with Gasteiger partial charge in [-0.25, -0.2) is 9.59 Å². The van der Waals surface area contributed by atoms with Crippen LogP contribution >= 0.6 is 0 Å². The number of aliphatic carboxylic acids is 1. The van der Waals surface area contributed by atoms with Gasteiger partial charge in [-0.1, -0.05) is 6.07 Å². The van der Waals surface area contributed by atoms with Crippen molar-refractivity contribution >= 4 is 18.0 Å². The highest BCUT2D eigenvalue weighted by atomic mass is 16.6. The maximum Gasteiger partial charge on any atom is 0.331 e. The fourth-order valence-corrected chi connectivity index (χ4v) is 2.20. The standard InChI is InChI=1S/C16H16O8/c17-10-3-1-8(5-11(10)18)2-4-14(20)24-13-7-9(16(22)23)6-12(19)15(13)21/h1-6,12-13,15,17-19,21H,7H2,(H,22,23)/t12-,13+,15-/m1/s1. The van der Waals surface area contributed by atoms with Gasteiger partial charge in [0.2, 0.25) is 0 Å². The fraction of sp³-hybridized carbons (Fsp3) is 0.250. The molecule has 0 aromatic heterocycles. The first-order valence-corrected chi connectivity index (χ1v) is 6.98. The molecule has 0 amide bonds. The van der Waals surface area contributed by atoms with Gasteiger partial charge in [-0.2, -0.15) is 0 Å². The summed E-state index contributed by atoms with van der Waals surface area (Å²) in [4.78, 5) is 22.7. The van der Waals surface area contributed by atoms with Crippen LogP contribution in [0.25, 0.3) is 6.08 Å². The summed E-state index contributed by atoms with van der Waals surface area (Å²) in [5.41, 5.74) is 0.260. The molecule has 0 fully saturated rings. The van der Waals surface area contributed by atoms with E-state index in [9.17, 15) is 30.0 Å². The zero-order valence-electron chi connectivity index (χ0n) is 12.4. The van der Waals surface area contributed by atoms with Crippen molar-refractivity contribution in [1.82, 2.24) is 0 Å². The number of carbonyl (C=O) groups is 2. The molecule has 0 radical (unpaired) electrons. The Morgan fingerprint density at radius 2 is 1.88 bits per heavy atom. The lowest BCUT2D eigenvalue weighted by Crippen LogP contribution is -2.43. The van der Waals surface area contributed by atoms with E-state index in [4.69, 9.17) is 9.84 Å². The van der Waals surface area contributed by atoms with E-state index in [0.717, 1.165) is 12.2 Å². The Hall–Kier alpha value is -2.84. The normalized spacial score (nSPS) is 23.8. The van der Waals surface area contributed by atoms with Gasteiger partial charge in [0.25, 0.3) is 0 Å². The van der Waals surface area contributed by atoms with E-state index >= 15 is 0 Å². The van der Waals surface area contributed by atoms with Gasteiger partial charge >= 0.3 is 11.9 Å². The Balaban J connectivity index is 2.03. The number of carboxylic acids is 1. The van der Waals surface area contributed by atoms with Gasteiger partial charge in [-0.3, -0.25) is 0 Å². The predicted molar refractivity (Wildman–Crippen MR) is 81.0 cm³/mol. The number of carbonyl (C=O) groups excluding carboxylic acids is 1. The van der Waals surface area contributed by atoms with E-state index in [-0.39, 0.29) is 23.5 Å². The smallest absolute Gasteiger partial charge is 0.331 e. The first-order valence-electron chi connectivity index (χ1n) is 6.98. The lowest BCUT2D eigenvalue weighted by atomic mass is 9.92. The molecule has 5 N–H and O–H groups in total. The Kier molecular flexibility index (Phi) is 5.22. The van der Waals surface area contributed by atoms with Crippen LogP contribution in [0.4, 0.5) is 0 Å². The molecule has 1 aromatic carbocycles. The Labute approximate surface area is 136 Å². The minimum absolute atomic E-state index is 0.155. The molecule has 8 heteroatoms. The zero-order chi connectivity index (χ0) is 17.9. The van der Waals surface area contributed by atoms with Crippen molar-refractivity contribution in [1.29, 1.82) is 0 Å². The molecule has 1 aliphatic carbocycles. The summed E-state index contributed by atoms with van der Waals surface area (Å²) in [6, 6.07) is 3.92. The van der Waals surface area contributed by atoms with Gasteiger partial charge in [0, 0.05) is 18.1 Å². The molecule has 0 heterocycles. The van der Waals surface area contributed by atoms with Crippen LogP contribution in [0.15, 0.2) is 35.9 Å². The second-order valence-electron chi connectivity index (χ2n) is 5.24. The number of hydrogen-bond donors (Lipinski definition) is 5. The van der Waals surface area contributed by atoms with E-state index in [2.05, 4.69) is 0 Å². The predicted octanol–water partition coefficient (Wildman–Crippen LogP) is 0.159. The van der Waals surface area contributed by atoms with Crippen molar-refractivity contribution in [3.05, 3.63) is 41.5 Å². The van der Waals surface area contributed by atoms with Crippen LogP contribution < -0.4 is 0 Å². The lowest BCUT2D eigenvalue weighted by molar-refractivity contribution is -0.154. The fourth-order valence-electron chi connectivity index (χ4n) is 2.20. The van der Waals surface area contributed by atoms with Gasteiger partial charge in [-0.15, -0.1) is 0 Å². The molecule has 0 bridgehead atoms. The molecule has 8 nitrogen and oxygen atoms in total. The molecule has 24 heavy (non-hydrogen) atoms. The summed E-state index contributed by atoms with van der Waals surface area (Å²) in [5.74, 6) is -2.78. The van der Waals surface area contributed by atoms with Gasteiger partial charge in [-0.05, 0) is 29.8 Å². The second kappa shape index (κ2) is 7.16. The molecule has 3 atom stereocenters. The topological polar surface area (TPSA) is 145 Å². The Morgan fingerprint density at radius 1 is 1.17 bits per heavy atom. The van der Waals surface area contributed by atoms with Gasteiger partial charge in [0.15, 0.2) is 11.5 Å². The maximum absolute atomic E-state index is 11.8. The van der Waals surface area contributed by atoms with Crippen molar-refractivity contribution in [2.75, 3.05) is 0 Å². The second-order valence-corrected chi connectivity index (χ2v) is 5.24. The summed E-state index contributed by atoms with van der Waals surface area (Å²) in [6.45, 7) is 0. The van der Waals surface area contributed by atoms with Gasteiger partial charge in [0.05, 0.1) is 0 Å². The van der Waals surface area contributed by atoms with Crippen molar-refractivity contribution in [2.45, 2.75) is 24.7 Å². The Bertz CT molecular complexity index is 706. The number of benzene rings is 1. The lowest BCUT2D eigenvalue weighted by Gasteiger charge is -2.29. The highest BCUT2D eigenvalue weighted by molar-refractivity contribution is 5.88. The first-order chi connectivity index (χ1) is 11.3. The SMILES string of the molecule is O=C(C=Cc1ccc(O)c(O)c1)O[C@H]1CC(C(=O)O)=C[C@@H](O)[C@H]1O. The third-order valence-electron chi connectivity index (χ3n) is 3.48. The number of aliphatic hydroxyl groups is 2. The molecule has 0 spiro atoms. The monoisotopic (exact) mass is 336 g/mol. The van der Waals surface area contributed by atoms with Crippen LogP contribution in [0.1, 0.15) is 12.0 Å². The van der Waals surface area contributed by atoms with Crippen molar-refractivity contribution in [2.24, 2.45) is 0 Å². The van der Waals surface area contributed by atoms with Gasteiger partial charge in [0.1, 0.15) is 18.3 Å². The van der Waals surface area contributed by atoms with Crippen molar-refractivity contribution < 1.29 is 39.9 Å². The van der Waals surface area contributed by atoms with E-state index in [0.29, 0.717) is 5.56 Å². The minimum atomic E-state index is -1.44. The molecule has 1 aliphatic rings. The van der Waals surface area contributed by atoms with Crippen LogP contribution in [-0.2, 0) is 14.3 Å². The number of esters is 1. The zero-order valence-corrected chi connectivity index (χ0v) is 12.4. The van der Waals surface area contributed by atoms with Crippen molar-refractivity contribution in [3.8, 4) is 11.5 Å². The molecule has 1 aromatic rings. The summed E-state index contributed by atoms with van der Waals surface area (Å²) in [6.07, 6.45) is -0.963. The van der Waals surface area contributed by atoms with Crippen LogP contribution in [0, 0.1) is 0 Å². The number of ether oxygens (including phenoxy) is 1. The van der Waals surface area contributed by atoms with Crippen LogP contribution in [0.2, 0.25) is 0 Å². The molecular weight excluding hydrogens is 320 g/mol. The molecular formula is C16H16O8. The summed E-state index contributed by atoms with van der Waals surface area (Å²) >= 11 is 0. The average molecular weight is 336 g/mol. The molecule has 128 valence electrons. The first kappa shape index (κ1) is 17.5. The van der Waals surface area contributed by atoms with Crippen LogP contribution in [-0.4, -0.2) is 55.8 Å². The molecule has 2 rings (SSSR count). The van der Waals surface area contributed by atoms with Crippen molar-refractivity contribution in [3.63, 3.8) is 0 Å². The molecule has 0 saturated heterocycles. The highest BCUT2D eigenvalue weighted by Gasteiger charge is 2.35. The number of carboxylic acid groups (broad SMARTS) is 1. The largest absolute Gasteiger partial charge is 0.504 e. The number of aromatic hydroxyl groups is 2. The van der Waals surface area contributed by atoms with E-state index in [1.807, 2.05) is 0 Å². The molecule has 0 saturated carbocycles. The summed E-state index contributed by atoms with van der Waals surface area (Å²) < 4.78 is 4.98. The highest BCUT2D eigenvalue weighted by Crippen LogP contribution is 2.26. The molecule has 0 unspecified atom stereocenters. The molecule has 0 aliphatic heterocycles. The van der Waals surface area contributed by atoms with E-state index in [1.54, 1.807) is 0 Å². The summed E-state index contributed by atoms with van der Waals surface area (Å²) in [5, 5.41) is 46.9. The quantitative estimate of drug-likeness (QED) is 0.297. The third kappa shape index (κ3) is 4.12. The maximum atomic E-state index is 11.8. The number of hydrogen-bond acceptors (Lipinski definition) is 7. The summed E-state index contributed by atoms with van der Waals surface area (Å²) in [7, 11) is 0. The minimum Gasteiger partial charge on any atom is -0.504 e.